The van der Waals surface area contributed by atoms with Crippen LogP contribution in [0.1, 0.15) is 24.2 Å². The fourth-order valence-electron chi connectivity index (χ4n) is 1.61. The molecule has 0 N–H and O–H groups in total. The summed E-state index contributed by atoms with van der Waals surface area (Å²) in [7, 11) is 0. The molecule has 2 heterocycles. The predicted octanol–water partition coefficient (Wildman–Crippen LogP) is 1.91. The van der Waals surface area contributed by atoms with Crippen LogP contribution >= 0.6 is 0 Å². The number of aromatic nitrogens is 2. The third-order valence-electron chi connectivity index (χ3n) is 2.27. The topological polar surface area (TPSA) is 52.8 Å². The molecule has 0 spiro atoms. The van der Waals surface area contributed by atoms with E-state index >= 15 is 0 Å². The molecule has 17 heavy (non-hydrogen) atoms. The van der Waals surface area contributed by atoms with Crippen molar-refractivity contribution in [3.63, 3.8) is 0 Å². The maximum Gasteiger partial charge on any atom is 0.345 e. The van der Waals surface area contributed by atoms with E-state index in [2.05, 4.69) is 5.10 Å². The van der Waals surface area contributed by atoms with Gasteiger partial charge < -0.3 is 9.47 Å². The van der Waals surface area contributed by atoms with E-state index in [1.807, 2.05) is 25.1 Å². The smallest absolute Gasteiger partial charge is 0.345 e. The zero-order valence-corrected chi connectivity index (χ0v) is 9.84. The van der Waals surface area contributed by atoms with Gasteiger partial charge >= 0.3 is 5.97 Å². The molecule has 2 rings (SSSR count). The largest absolute Gasteiger partial charge is 0.476 e. The van der Waals surface area contributed by atoms with Crippen molar-refractivity contribution in [1.82, 2.24) is 9.61 Å². The lowest BCUT2D eigenvalue weighted by molar-refractivity contribution is 0.0524. The molecule has 2 aromatic rings. The van der Waals surface area contributed by atoms with Crippen LogP contribution in [-0.2, 0) is 4.74 Å². The SMILES string of the molecule is CCOC(=O)c1c(OCC)nn2ccccc12. The fourth-order valence-corrected chi connectivity index (χ4v) is 1.61. The summed E-state index contributed by atoms with van der Waals surface area (Å²) in [6.45, 7) is 4.40. The number of pyridine rings is 1. The van der Waals surface area contributed by atoms with E-state index in [1.165, 1.54) is 0 Å². The lowest BCUT2D eigenvalue weighted by atomic mass is 10.2. The minimum absolute atomic E-state index is 0.317. The maximum atomic E-state index is 11.9. The molecular formula is C12H14N2O3. The first-order chi connectivity index (χ1) is 8.27. The van der Waals surface area contributed by atoms with Gasteiger partial charge in [0.25, 0.3) is 0 Å². The van der Waals surface area contributed by atoms with Crippen molar-refractivity contribution in [2.45, 2.75) is 13.8 Å². The maximum absolute atomic E-state index is 11.9. The van der Waals surface area contributed by atoms with Crippen molar-refractivity contribution in [2.24, 2.45) is 0 Å². The second-order valence-electron chi connectivity index (χ2n) is 3.36. The highest BCUT2D eigenvalue weighted by Gasteiger charge is 2.21. The van der Waals surface area contributed by atoms with Gasteiger partial charge in [-0.2, -0.15) is 0 Å². The number of ether oxygens (including phenoxy) is 2. The van der Waals surface area contributed by atoms with Gasteiger partial charge in [0.1, 0.15) is 5.56 Å². The Hall–Kier alpha value is -2.04. The van der Waals surface area contributed by atoms with Crippen LogP contribution in [0.3, 0.4) is 0 Å². The molecule has 2 aromatic heterocycles. The highest BCUT2D eigenvalue weighted by molar-refractivity contribution is 5.99. The van der Waals surface area contributed by atoms with E-state index in [0.717, 1.165) is 0 Å². The highest BCUT2D eigenvalue weighted by Crippen LogP contribution is 2.23. The lowest BCUT2D eigenvalue weighted by Gasteiger charge is -2.02. The first-order valence-electron chi connectivity index (χ1n) is 5.55. The van der Waals surface area contributed by atoms with Gasteiger partial charge in [-0.1, -0.05) is 6.07 Å². The molecule has 0 saturated heterocycles. The van der Waals surface area contributed by atoms with Crippen molar-refractivity contribution in [3.05, 3.63) is 30.0 Å². The van der Waals surface area contributed by atoms with Crippen LogP contribution in [0, 0.1) is 0 Å². The van der Waals surface area contributed by atoms with Crippen LogP contribution < -0.4 is 4.74 Å². The molecule has 0 aliphatic carbocycles. The van der Waals surface area contributed by atoms with E-state index in [4.69, 9.17) is 9.47 Å². The quantitative estimate of drug-likeness (QED) is 0.758. The number of esters is 1. The van der Waals surface area contributed by atoms with E-state index < -0.39 is 5.97 Å². The Morgan fingerprint density at radius 2 is 2.18 bits per heavy atom. The number of rotatable bonds is 4. The molecule has 0 amide bonds. The van der Waals surface area contributed by atoms with Gasteiger partial charge in [0.2, 0.25) is 5.88 Å². The molecule has 0 aliphatic rings. The number of carbonyl (C=O) groups is 1. The second-order valence-corrected chi connectivity index (χ2v) is 3.36. The van der Waals surface area contributed by atoms with Gasteiger partial charge in [-0.05, 0) is 26.0 Å². The van der Waals surface area contributed by atoms with Crippen LogP contribution in [0.2, 0.25) is 0 Å². The third-order valence-corrected chi connectivity index (χ3v) is 2.27. The summed E-state index contributed by atoms with van der Waals surface area (Å²) < 4.78 is 12.0. The van der Waals surface area contributed by atoms with E-state index in [-0.39, 0.29) is 0 Å². The van der Waals surface area contributed by atoms with E-state index in [9.17, 15) is 4.79 Å². The Morgan fingerprint density at radius 1 is 1.35 bits per heavy atom. The van der Waals surface area contributed by atoms with E-state index in [1.54, 1.807) is 17.6 Å². The molecule has 90 valence electrons. The summed E-state index contributed by atoms with van der Waals surface area (Å²) in [4.78, 5) is 11.9. The molecule has 0 aliphatic heterocycles. The standard InChI is InChI=1S/C12H14N2O3/c1-3-16-11-10(12(15)17-4-2)9-7-5-6-8-14(9)13-11/h5-8H,3-4H2,1-2H3. The van der Waals surface area contributed by atoms with Crippen LogP contribution in [0.5, 0.6) is 5.88 Å². The summed E-state index contributed by atoms with van der Waals surface area (Å²) in [6.07, 6.45) is 1.76. The Morgan fingerprint density at radius 3 is 2.88 bits per heavy atom. The number of fused-ring (bicyclic) bond motifs is 1. The van der Waals surface area contributed by atoms with Gasteiger partial charge in [-0.15, -0.1) is 5.10 Å². The van der Waals surface area contributed by atoms with Crippen molar-refractivity contribution in [1.29, 1.82) is 0 Å². The Balaban J connectivity index is 2.55. The van der Waals surface area contributed by atoms with Crippen molar-refractivity contribution < 1.29 is 14.3 Å². The second kappa shape index (κ2) is 4.86. The Bertz CT molecular complexity index is 534. The summed E-state index contributed by atoms with van der Waals surface area (Å²) in [5.74, 6) is -0.0886. The summed E-state index contributed by atoms with van der Waals surface area (Å²) in [5, 5.41) is 4.20. The van der Waals surface area contributed by atoms with Crippen molar-refractivity contribution in [3.8, 4) is 5.88 Å². The minimum Gasteiger partial charge on any atom is -0.476 e. The number of nitrogens with zero attached hydrogens (tertiary/aromatic N) is 2. The summed E-state index contributed by atoms with van der Waals surface area (Å²) >= 11 is 0. The Kier molecular flexibility index (Phi) is 3.27. The minimum atomic E-state index is -0.405. The molecule has 0 fully saturated rings. The molecular weight excluding hydrogens is 220 g/mol. The zero-order valence-electron chi connectivity index (χ0n) is 9.84. The first kappa shape index (κ1) is 11.4. The first-order valence-corrected chi connectivity index (χ1v) is 5.55. The monoisotopic (exact) mass is 234 g/mol. The van der Waals surface area contributed by atoms with Gasteiger partial charge in [-0.3, -0.25) is 0 Å². The predicted molar refractivity (Wildman–Crippen MR) is 62.3 cm³/mol. The lowest BCUT2D eigenvalue weighted by Crippen LogP contribution is -2.06. The van der Waals surface area contributed by atoms with Crippen LogP contribution in [0.15, 0.2) is 24.4 Å². The normalized spacial score (nSPS) is 10.5. The van der Waals surface area contributed by atoms with Crippen molar-refractivity contribution >= 4 is 11.5 Å². The molecule has 0 radical (unpaired) electrons. The number of hydrogen-bond donors (Lipinski definition) is 0. The highest BCUT2D eigenvalue weighted by atomic mass is 16.5. The fraction of sp³-hybridized carbons (Fsp3) is 0.333. The molecule has 0 unspecified atom stereocenters. The van der Waals surface area contributed by atoms with E-state index in [0.29, 0.717) is 30.2 Å². The van der Waals surface area contributed by atoms with Crippen LogP contribution in [0.4, 0.5) is 0 Å². The van der Waals surface area contributed by atoms with Crippen LogP contribution in [-0.4, -0.2) is 28.8 Å². The third kappa shape index (κ3) is 2.08. The van der Waals surface area contributed by atoms with Crippen LogP contribution in [0.25, 0.3) is 5.52 Å². The number of carbonyl (C=O) groups excluding carboxylic acids is 1. The van der Waals surface area contributed by atoms with Gasteiger partial charge in [0, 0.05) is 6.20 Å². The molecule has 0 bridgehead atoms. The molecule has 5 nitrogen and oxygen atoms in total. The summed E-state index contributed by atoms with van der Waals surface area (Å²) in [5.41, 5.74) is 1.07. The molecule has 0 saturated carbocycles. The molecule has 0 aromatic carbocycles. The van der Waals surface area contributed by atoms with Crippen molar-refractivity contribution in [2.75, 3.05) is 13.2 Å². The average molecular weight is 234 g/mol. The van der Waals surface area contributed by atoms with Gasteiger partial charge in [0.15, 0.2) is 0 Å². The molecule has 5 heteroatoms. The Labute approximate surface area is 99.0 Å². The summed E-state index contributed by atoms with van der Waals surface area (Å²) in [6, 6.07) is 5.49. The number of hydrogen-bond acceptors (Lipinski definition) is 4. The zero-order chi connectivity index (χ0) is 12.3. The average Bonchev–Trinajstić information content (AvgIpc) is 2.67. The van der Waals surface area contributed by atoms with Gasteiger partial charge in [-0.25, -0.2) is 9.31 Å². The molecule has 0 atom stereocenters. The van der Waals surface area contributed by atoms with Gasteiger partial charge in [0.05, 0.1) is 18.7 Å².